The summed E-state index contributed by atoms with van der Waals surface area (Å²) < 4.78 is 15.2. The highest BCUT2D eigenvalue weighted by atomic mass is 79.9. The lowest BCUT2D eigenvalue weighted by Gasteiger charge is -2.17. The van der Waals surface area contributed by atoms with E-state index in [0.717, 1.165) is 9.48 Å². The van der Waals surface area contributed by atoms with Gasteiger partial charge in [-0.1, -0.05) is 0 Å². The van der Waals surface area contributed by atoms with Crippen LogP contribution in [0.4, 0.5) is 0 Å². The molecule has 3 nitrogen and oxygen atoms in total. The van der Waals surface area contributed by atoms with Crippen molar-refractivity contribution in [3.8, 4) is 0 Å². The molecule has 1 rings (SSSR count). The van der Waals surface area contributed by atoms with Gasteiger partial charge in [-0.3, -0.25) is 0 Å². The third kappa shape index (κ3) is 3.42. The van der Waals surface area contributed by atoms with E-state index in [4.69, 9.17) is 0 Å². The molecule has 0 aliphatic carbocycles. The number of nitrogens with one attached hydrogen (secondary N) is 1. The van der Waals surface area contributed by atoms with Crippen molar-refractivity contribution >= 4 is 38.3 Å². The van der Waals surface area contributed by atoms with Crippen molar-refractivity contribution in [1.82, 2.24) is 9.71 Å². The van der Waals surface area contributed by atoms with Crippen molar-refractivity contribution in [3.63, 3.8) is 0 Å². The molecule has 1 aromatic rings. The second-order valence-corrected chi connectivity index (χ2v) is 7.51. The topological polar surface area (TPSA) is 42.0 Å². The minimum atomic E-state index is -1.02. The quantitative estimate of drug-likeness (QED) is 0.931. The van der Waals surface area contributed by atoms with Crippen LogP contribution in [0.2, 0.25) is 0 Å². The number of hydrogen-bond donors (Lipinski definition) is 1. The van der Waals surface area contributed by atoms with E-state index >= 15 is 0 Å². The highest BCUT2D eigenvalue weighted by Crippen LogP contribution is 2.19. The zero-order valence-corrected chi connectivity index (χ0v) is 11.6. The maximum Gasteiger partial charge on any atom is 0.121 e. The lowest BCUT2D eigenvalue weighted by Crippen LogP contribution is -2.32. The Hall–Kier alpha value is 0.220. The van der Waals surface area contributed by atoms with Gasteiger partial charge < -0.3 is 0 Å². The molecule has 0 aliphatic heterocycles. The smallest absolute Gasteiger partial charge is 0.121 e. The van der Waals surface area contributed by atoms with Crippen LogP contribution in [-0.4, -0.2) is 13.9 Å². The molecule has 0 fully saturated rings. The Balaban J connectivity index is 2.50. The molecule has 0 bridgehead atoms. The standard InChI is InChI=1S/C8H13BrN2OS2/c1-8(2,3)14(12)11-4-6-7(9)10-5-13-6/h5,11H,4H2,1-3H3. The second kappa shape index (κ2) is 4.83. The predicted octanol–water partition coefficient (Wildman–Crippen LogP) is 2.46. The molecule has 1 heterocycles. The van der Waals surface area contributed by atoms with Gasteiger partial charge in [-0.25, -0.2) is 13.9 Å². The van der Waals surface area contributed by atoms with E-state index in [9.17, 15) is 4.21 Å². The van der Waals surface area contributed by atoms with E-state index in [1.807, 2.05) is 20.8 Å². The van der Waals surface area contributed by atoms with Crippen molar-refractivity contribution in [2.75, 3.05) is 0 Å². The van der Waals surface area contributed by atoms with Crippen molar-refractivity contribution < 1.29 is 4.21 Å². The summed E-state index contributed by atoms with van der Waals surface area (Å²) in [6.07, 6.45) is 0. The summed E-state index contributed by atoms with van der Waals surface area (Å²) >= 11 is 4.87. The van der Waals surface area contributed by atoms with Gasteiger partial charge in [-0.05, 0) is 36.7 Å². The zero-order chi connectivity index (χ0) is 10.8. The van der Waals surface area contributed by atoms with E-state index in [1.165, 1.54) is 0 Å². The molecule has 1 unspecified atom stereocenters. The van der Waals surface area contributed by atoms with E-state index in [2.05, 4.69) is 25.6 Å². The van der Waals surface area contributed by atoms with Gasteiger partial charge in [0.15, 0.2) is 0 Å². The Morgan fingerprint density at radius 2 is 2.29 bits per heavy atom. The summed E-state index contributed by atoms with van der Waals surface area (Å²) in [6, 6.07) is 0. The van der Waals surface area contributed by atoms with Crippen molar-refractivity contribution in [1.29, 1.82) is 0 Å². The van der Waals surface area contributed by atoms with Gasteiger partial charge in [-0.15, -0.1) is 11.3 Å². The van der Waals surface area contributed by atoms with Gasteiger partial charge in [0, 0.05) is 6.54 Å². The fourth-order valence-corrected chi connectivity index (χ4v) is 2.77. The van der Waals surface area contributed by atoms with Crippen LogP contribution in [0.15, 0.2) is 10.1 Å². The Labute approximate surface area is 99.0 Å². The average molecular weight is 297 g/mol. The van der Waals surface area contributed by atoms with Gasteiger partial charge in [0.05, 0.1) is 26.1 Å². The molecule has 1 aromatic heterocycles. The van der Waals surface area contributed by atoms with Crippen LogP contribution in [0.5, 0.6) is 0 Å². The second-order valence-electron chi connectivity index (χ2n) is 3.77. The Morgan fingerprint density at radius 1 is 1.64 bits per heavy atom. The van der Waals surface area contributed by atoms with E-state index in [-0.39, 0.29) is 4.75 Å². The molecule has 1 N–H and O–H groups in total. The molecular formula is C8H13BrN2OS2. The molecule has 0 saturated carbocycles. The highest BCUT2D eigenvalue weighted by Gasteiger charge is 2.19. The van der Waals surface area contributed by atoms with Gasteiger partial charge in [0.1, 0.15) is 4.60 Å². The lowest BCUT2D eigenvalue weighted by atomic mass is 10.3. The zero-order valence-electron chi connectivity index (χ0n) is 8.33. The molecule has 0 saturated heterocycles. The largest absolute Gasteiger partial charge is 0.242 e. The minimum absolute atomic E-state index is 0.225. The van der Waals surface area contributed by atoms with Gasteiger partial charge in [-0.2, -0.15) is 0 Å². The molecule has 0 amide bonds. The highest BCUT2D eigenvalue weighted by molar-refractivity contribution is 9.10. The maximum atomic E-state index is 11.6. The normalized spacial score (nSPS) is 14.3. The maximum absolute atomic E-state index is 11.6. The molecule has 14 heavy (non-hydrogen) atoms. The Bertz CT molecular complexity index is 332. The first-order valence-corrected chi connectivity index (χ1v) is 6.97. The number of thiazole rings is 1. The number of aromatic nitrogens is 1. The van der Waals surface area contributed by atoms with Crippen LogP contribution in [-0.2, 0) is 17.5 Å². The Morgan fingerprint density at radius 3 is 2.71 bits per heavy atom. The number of rotatable bonds is 3. The number of nitrogens with zero attached hydrogens (tertiary/aromatic N) is 1. The molecule has 0 aromatic carbocycles. The summed E-state index contributed by atoms with van der Waals surface area (Å²) in [5, 5.41) is 0. The van der Waals surface area contributed by atoms with Crippen LogP contribution < -0.4 is 4.72 Å². The van der Waals surface area contributed by atoms with Gasteiger partial charge in [0.2, 0.25) is 0 Å². The first-order chi connectivity index (χ1) is 6.41. The summed E-state index contributed by atoms with van der Waals surface area (Å²) in [5.41, 5.74) is 1.76. The third-order valence-corrected chi connectivity index (χ3v) is 4.81. The SMILES string of the molecule is CC(C)(C)S(=O)NCc1scnc1Br. The monoisotopic (exact) mass is 296 g/mol. The fourth-order valence-electron chi connectivity index (χ4n) is 0.719. The molecule has 0 aliphatic rings. The fraction of sp³-hybridized carbons (Fsp3) is 0.625. The minimum Gasteiger partial charge on any atom is -0.242 e. The molecule has 6 heteroatoms. The van der Waals surface area contributed by atoms with Crippen LogP contribution in [0, 0.1) is 0 Å². The first-order valence-electron chi connectivity index (χ1n) is 4.14. The molecule has 80 valence electrons. The predicted molar refractivity (Wildman–Crippen MR) is 64.5 cm³/mol. The van der Waals surface area contributed by atoms with E-state index in [1.54, 1.807) is 16.8 Å². The van der Waals surface area contributed by atoms with Gasteiger partial charge in [0.25, 0.3) is 0 Å². The van der Waals surface area contributed by atoms with Gasteiger partial charge >= 0.3 is 0 Å². The number of halogens is 1. The Kier molecular flexibility index (Phi) is 4.24. The molecule has 0 spiro atoms. The summed E-state index contributed by atoms with van der Waals surface area (Å²) in [7, 11) is -1.02. The molecule has 1 atom stereocenters. The van der Waals surface area contributed by atoms with Crippen LogP contribution in [0.25, 0.3) is 0 Å². The summed E-state index contributed by atoms with van der Waals surface area (Å²) in [4.78, 5) is 5.12. The van der Waals surface area contributed by atoms with Crippen LogP contribution in [0.1, 0.15) is 25.6 Å². The average Bonchev–Trinajstić information content (AvgIpc) is 2.45. The van der Waals surface area contributed by atoms with Crippen molar-refractivity contribution in [2.24, 2.45) is 0 Å². The third-order valence-electron chi connectivity index (χ3n) is 1.51. The van der Waals surface area contributed by atoms with Crippen molar-refractivity contribution in [3.05, 3.63) is 15.0 Å². The molecule has 0 radical (unpaired) electrons. The van der Waals surface area contributed by atoms with Crippen LogP contribution in [0.3, 0.4) is 0 Å². The summed E-state index contributed by atoms with van der Waals surface area (Å²) in [5.74, 6) is 0. The number of hydrogen-bond acceptors (Lipinski definition) is 3. The molecular weight excluding hydrogens is 284 g/mol. The lowest BCUT2D eigenvalue weighted by molar-refractivity contribution is 0.635. The van der Waals surface area contributed by atoms with E-state index < -0.39 is 11.0 Å². The van der Waals surface area contributed by atoms with E-state index in [0.29, 0.717) is 6.54 Å². The first kappa shape index (κ1) is 12.3. The summed E-state index contributed by atoms with van der Waals surface area (Å²) in [6.45, 7) is 6.42. The van der Waals surface area contributed by atoms with Crippen molar-refractivity contribution in [2.45, 2.75) is 32.1 Å². The van der Waals surface area contributed by atoms with Crippen LogP contribution >= 0.6 is 27.3 Å².